The van der Waals surface area contributed by atoms with Gasteiger partial charge in [-0.15, -0.1) is 0 Å². The van der Waals surface area contributed by atoms with Gasteiger partial charge in [0.2, 0.25) is 17.3 Å². The zero-order chi connectivity index (χ0) is 25.5. The van der Waals surface area contributed by atoms with E-state index >= 15 is 0 Å². The summed E-state index contributed by atoms with van der Waals surface area (Å²) in [5, 5.41) is 35.7. The number of ketones is 3. The molecule has 0 aromatic heterocycles. The molecule has 172 valence electrons. The van der Waals surface area contributed by atoms with Crippen LogP contribution in [0.1, 0.15) is 31.8 Å². The number of carbonyl (C=O) groups excluding carboxylic acids is 3. The average molecular weight is 470 g/mol. The Hall–Kier alpha value is -5.57. The molecule has 3 aromatic carbocycles. The molecule has 0 bridgehead atoms. The van der Waals surface area contributed by atoms with Crippen LogP contribution in [0.5, 0.6) is 17.2 Å². The van der Waals surface area contributed by atoms with E-state index in [1.807, 2.05) is 12.1 Å². The molecule has 1 aliphatic rings. The van der Waals surface area contributed by atoms with Crippen LogP contribution in [0, 0.1) is 0 Å². The van der Waals surface area contributed by atoms with Crippen LogP contribution in [0.15, 0.2) is 70.9 Å². The van der Waals surface area contributed by atoms with Crippen LogP contribution < -0.4 is 0 Å². The van der Waals surface area contributed by atoms with Crippen molar-refractivity contribution in [2.24, 2.45) is 10.2 Å². The molecule has 0 amide bonds. The number of fused-ring (bicyclic) bond motifs is 1. The first-order valence-electron chi connectivity index (χ1n) is 9.68. The van der Waals surface area contributed by atoms with Gasteiger partial charge in [0.15, 0.2) is 17.3 Å². The van der Waals surface area contributed by atoms with Crippen LogP contribution in [0.4, 0.5) is 11.4 Å². The minimum Gasteiger partial charge on any atom is -0.504 e. The fraction of sp³-hybridized carbons (Fsp3) is 0. The van der Waals surface area contributed by atoms with E-state index in [1.54, 1.807) is 36.4 Å². The van der Waals surface area contributed by atoms with Crippen molar-refractivity contribution in [1.82, 2.24) is 0 Å². The smallest absolute Gasteiger partial charge is 0.233 e. The van der Waals surface area contributed by atoms with Crippen LogP contribution in [-0.4, -0.2) is 32.7 Å². The molecule has 4 rings (SSSR count). The van der Waals surface area contributed by atoms with Crippen LogP contribution in [0.3, 0.4) is 0 Å². The van der Waals surface area contributed by atoms with E-state index in [-0.39, 0.29) is 5.56 Å². The molecule has 0 saturated heterocycles. The van der Waals surface area contributed by atoms with Crippen molar-refractivity contribution in [3.8, 4) is 17.2 Å². The summed E-state index contributed by atoms with van der Waals surface area (Å²) >= 11 is 0. The number of hydrogen-bond donors (Lipinski definition) is 3. The van der Waals surface area contributed by atoms with E-state index in [0.29, 0.717) is 5.56 Å². The maximum atomic E-state index is 12.5. The van der Waals surface area contributed by atoms with E-state index in [2.05, 4.69) is 20.1 Å². The van der Waals surface area contributed by atoms with Crippen molar-refractivity contribution in [3.05, 3.63) is 104 Å². The molecule has 0 unspecified atom stereocenters. The second-order valence-corrected chi connectivity index (χ2v) is 6.81. The monoisotopic (exact) mass is 470 g/mol. The fourth-order valence-corrected chi connectivity index (χ4v) is 3.14. The van der Waals surface area contributed by atoms with E-state index < -0.39 is 51.5 Å². The lowest BCUT2D eigenvalue weighted by atomic mass is 9.96. The number of hydrogen-bond acceptors (Lipinski definition) is 8. The second kappa shape index (κ2) is 10.4. The number of rotatable bonds is 4. The molecule has 0 atom stereocenters. The summed E-state index contributed by atoms with van der Waals surface area (Å²) in [6.45, 7) is 0. The normalized spacial score (nSPS) is 11.3. The maximum Gasteiger partial charge on any atom is 0.233 e. The molecule has 0 aliphatic heterocycles. The van der Waals surface area contributed by atoms with Crippen LogP contribution in [-0.2, 0) is 4.79 Å². The Kier molecular flexibility index (Phi) is 7.13. The molecule has 0 spiro atoms. The largest absolute Gasteiger partial charge is 0.504 e. The van der Waals surface area contributed by atoms with Crippen LogP contribution in [0.2, 0.25) is 0 Å². The van der Waals surface area contributed by atoms with E-state index in [0.717, 1.165) is 5.56 Å². The van der Waals surface area contributed by atoms with Gasteiger partial charge in [0.1, 0.15) is 0 Å². The minimum atomic E-state index is -1.07. The number of phenolic OH excluding ortho intramolecular Hbond substituents is 3. The molecule has 3 N–H and O–H groups in total. The lowest BCUT2D eigenvalue weighted by Gasteiger charge is -2.13. The van der Waals surface area contributed by atoms with Gasteiger partial charge in [-0.2, -0.15) is 0 Å². The molecule has 0 fully saturated rings. The van der Waals surface area contributed by atoms with Gasteiger partial charge in [-0.25, -0.2) is 0 Å². The predicted octanol–water partition coefficient (Wildman–Crippen LogP) is 5.38. The summed E-state index contributed by atoms with van der Waals surface area (Å²) in [5.74, 6) is -4.71. The second-order valence-electron chi connectivity index (χ2n) is 6.81. The molecule has 35 heavy (non-hydrogen) atoms. The molecule has 0 heterocycles. The van der Waals surface area contributed by atoms with Crippen molar-refractivity contribution < 1.29 is 29.7 Å². The van der Waals surface area contributed by atoms with E-state index in [1.165, 1.54) is 18.2 Å². The van der Waals surface area contributed by atoms with Crippen molar-refractivity contribution in [1.29, 1.82) is 0 Å². The van der Waals surface area contributed by atoms with Crippen LogP contribution >= 0.6 is 0 Å². The number of aromatic hydroxyl groups is 3. The Balaban J connectivity index is 0.000000237. The minimum absolute atomic E-state index is 0.120. The lowest BCUT2D eigenvalue weighted by Crippen LogP contribution is -2.15. The van der Waals surface area contributed by atoms with Gasteiger partial charge in [-0.1, -0.05) is 70.9 Å². The molecule has 3 aromatic rings. The number of benzene rings is 3. The van der Waals surface area contributed by atoms with Crippen molar-refractivity contribution in [3.63, 3.8) is 0 Å². The first kappa shape index (κ1) is 24.1. The Labute approximate surface area is 196 Å². The summed E-state index contributed by atoms with van der Waals surface area (Å²) in [7, 11) is 0. The Morgan fingerprint density at radius 1 is 0.743 bits per heavy atom. The van der Waals surface area contributed by atoms with Gasteiger partial charge in [-0.05, 0) is 22.7 Å². The molecule has 0 saturated carbocycles. The van der Waals surface area contributed by atoms with Crippen molar-refractivity contribution >= 4 is 34.8 Å². The molecule has 12 nitrogen and oxygen atoms in total. The predicted molar refractivity (Wildman–Crippen MR) is 124 cm³/mol. The Bertz CT molecular complexity index is 1490. The number of phenols is 3. The Morgan fingerprint density at radius 3 is 2.00 bits per heavy atom. The Morgan fingerprint density at radius 2 is 1.34 bits per heavy atom. The highest BCUT2D eigenvalue weighted by atomic mass is 16.3. The zero-order valence-electron chi connectivity index (χ0n) is 17.6. The highest BCUT2D eigenvalue weighted by Crippen LogP contribution is 2.52. The number of carbonyl (C=O) groups is 3. The molecular weight excluding hydrogens is 456 g/mol. The number of allylic oxidation sites excluding steroid dienone is 1. The molecule has 0 radical (unpaired) electrons. The third kappa shape index (κ3) is 4.78. The SMILES string of the molecule is O=C1C=Cc2ccccc2C1=O.[N-]=[N+]=Nc1c(O)c(O)c(O)c(C(=O)c2ccccc2)c1N=[N+]=[N-]. The molecule has 1 aliphatic carbocycles. The topological polar surface area (TPSA) is 209 Å². The lowest BCUT2D eigenvalue weighted by molar-refractivity contribution is -0.110. The third-order valence-electron chi connectivity index (χ3n) is 4.77. The summed E-state index contributed by atoms with van der Waals surface area (Å²) in [5.41, 5.74) is 16.8. The fourth-order valence-electron chi connectivity index (χ4n) is 3.14. The van der Waals surface area contributed by atoms with Crippen molar-refractivity contribution in [2.75, 3.05) is 0 Å². The van der Waals surface area contributed by atoms with E-state index in [4.69, 9.17) is 11.1 Å². The summed E-state index contributed by atoms with van der Waals surface area (Å²) < 4.78 is 0. The molecular formula is C23H14N6O6. The molecule has 12 heteroatoms. The first-order valence-corrected chi connectivity index (χ1v) is 9.68. The number of nitrogens with zero attached hydrogens (tertiary/aromatic N) is 6. The van der Waals surface area contributed by atoms with Crippen LogP contribution in [0.25, 0.3) is 27.0 Å². The van der Waals surface area contributed by atoms with Gasteiger partial charge in [0.25, 0.3) is 0 Å². The number of azide groups is 2. The standard InChI is InChI=1S/C13H8N6O4.C10H6O2/c14-18-16-8-7(10(20)6-4-2-1-3-5-6)11(21)13(23)12(22)9(8)17-19-15;11-9-6-5-7-3-1-2-4-8(7)10(9)12/h1-5,21-23H;1-6H. The third-order valence-corrected chi connectivity index (χ3v) is 4.77. The average Bonchev–Trinajstić information content (AvgIpc) is 2.88. The van der Waals surface area contributed by atoms with Gasteiger partial charge in [0, 0.05) is 21.0 Å². The zero-order valence-corrected chi connectivity index (χ0v) is 17.6. The number of Topliss-reactive ketones (excluding diaryl/α,β-unsaturated/α-hetero) is 1. The van der Waals surface area contributed by atoms with Gasteiger partial charge < -0.3 is 15.3 Å². The summed E-state index contributed by atoms with van der Waals surface area (Å²) in [4.78, 5) is 39.6. The first-order chi connectivity index (χ1) is 16.8. The van der Waals surface area contributed by atoms with E-state index in [9.17, 15) is 29.7 Å². The van der Waals surface area contributed by atoms with Gasteiger partial charge >= 0.3 is 0 Å². The highest BCUT2D eigenvalue weighted by molar-refractivity contribution is 6.49. The highest BCUT2D eigenvalue weighted by Gasteiger charge is 2.27. The van der Waals surface area contributed by atoms with Crippen molar-refractivity contribution in [2.45, 2.75) is 0 Å². The van der Waals surface area contributed by atoms with Gasteiger partial charge in [-0.3, -0.25) is 14.4 Å². The van der Waals surface area contributed by atoms with Gasteiger partial charge in [0.05, 0.1) is 16.9 Å². The summed E-state index contributed by atoms with van der Waals surface area (Å²) in [6, 6.07) is 14.7. The summed E-state index contributed by atoms with van der Waals surface area (Å²) in [6.07, 6.45) is 2.98. The quantitative estimate of drug-likeness (QED) is 0.114. The maximum absolute atomic E-state index is 12.5.